The Labute approximate surface area is 185 Å². The summed E-state index contributed by atoms with van der Waals surface area (Å²) in [6.45, 7) is 2.07. The Kier molecular flexibility index (Phi) is 4.88. The summed E-state index contributed by atoms with van der Waals surface area (Å²) in [4.78, 5) is 12.3. The monoisotopic (exact) mass is 453 g/mol. The molecule has 5 aromatic rings. The highest BCUT2D eigenvalue weighted by molar-refractivity contribution is 5.91. The van der Waals surface area contributed by atoms with Crippen LogP contribution in [-0.4, -0.2) is 42.0 Å². The van der Waals surface area contributed by atoms with Crippen molar-refractivity contribution in [3.05, 3.63) is 66.0 Å². The van der Waals surface area contributed by atoms with Gasteiger partial charge in [0.25, 0.3) is 0 Å². The van der Waals surface area contributed by atoms with Gasteiger partial charge in [-0.25, -0.2) is 9.97 Å². The number of hydrogen-bond acceptors (Lipinski definition) is 5. The third-order valence-electron chi connectivity index (χ3n) is 5.34. The summed E-state index contributed by atoms with van der Waals surface area (Å²) in [7, 11) is 1.22. The molecule has 0 atom stereocenters. The molecule has 5 rings (SSSR count). The van der Waals surface area contributed by atoms with Crippen LogP contribution in [0.5, 0.6) is 5.75 Å². The molecule has 2 N–H and O–H groups in total. The van der Waals surface area contributed by atoms with Crippen molar-refractivity contribution in [2.45, 2.75) is 19.6 Å². The third-order valence-corrected chi connectivity index (χ3v) is 5.34. The van der Waals surface area contributed by atoms with E-state index < -0.39 is 11.7 Å². The van der Waals surface area contributed by atoms with Crippen molar-refractivity contribution in [3.63, 3.8) is 0 Å². The van der Waals surface area contributed by atoms with Crippen molar-refractivity contribution >= 4 is 11.2 Å². The Hall–Kier alpha value is -4.15. The first-order valence-electron chi connectivity index (χ1n) is 9.95. The SMILES string of the molecule is COc1ccc(Cn2cc(-c3c[nH]c4ncc(-c5cn[nH]c5C)nc34)cn2)cc1C(F)(F)F. The van der Waals surface area contributed by atoms with Crippen LogP contribution in [0.1, 0.15) is 16.8 Å². The molecule has 1 aromatic carbocycles. The summed E-state index contributed by atoms with van der Waals surface area (Å²) in [5, 5.41) is 11.2. The maximum absolute atomic E-state index is 13.3. The Morgan fingerprint density at radius 1 is 1.12 bits per heavy atom. The van der Waals surface area contributed by atoms with Gasteiger partial charge in [0.1, 0.15) is 11.3 Å². The molecule has 0 saturated heterocycles. The number of nitrogens with one attached hydrogen (secondary N) is 2. The minimum Gasteiger partial charge on any atom is -0.496 e. The normalized spacial score (nSPS) is 11.9. The molecule has 11 heteroatoms. The van der Waals surface area contributed by atoms with Gasteiger partial charge in [0.2, 0.25) is 0 Å². The Morgan fingerprint density at radius 3 is 2.70 bits per heavy atom. The number of H-pyrrole nitrogens is 2. The van der Waals surface area contributed by atoms with E-state index >= 15 is 0 Å². The molecule has 0 fully saturated rings. The molecule has 168 valence electrons. The zero-order valence-corrected chi connectivity index (χ0v) is 17.6. The second-order valence-corrected chi connectivity index (χ2v) is 7.52. The number of aromatic nitrogens is 7. The average molecular weight is 453 g/mol. The van der Waals surface area contributed by atoms with Crippen LogP contribution in [0.15, 0.2) is 49.2 Å². The van der Waals surface area contributed by atoms with Gasteiger partial charge in [0.05, 0.1) is 43.5 Å². The fourth-order valence-electron chi connectivity index (χ4n) is 3.70. The standard InChI is InChI=1S/C22H18F3N7O/c1-12-15(8-28-31-12)18-9-27-21-20(30-18)16(7-26-21)14-6-29-32(11-14)10-13-3-4-19(33-2)17(5-13)22(23,24)25/h3-9,11H,10H2,1-2H3,(H,26,27)(H,28,31). The lowest BCUT2D eigenvalue weighted by molar-refractivity contribution is -0.138. The van der Waals surface area contributed by atoms with Crippen LogP contribution in [-0.2, 0) is 12.7 Å². The Balaban J connectivity index is 1.46. The lowest BCUT2D eigenvalue weighted by atomic mass is 10.1. The number of rotatable bonds is 5. The van der Waals surface area contributed by atoms with E-state index in [4.69, 9.17) is 9.72 Å². The number of aromatic amines is 2. The van der Waals surface area contributed by atoms with Crippen molar-refractivity contribution in [2.75, 3.05) is 7.11 Å². The first-order chi connectivity index (χ1) is 15.8. The maximum atomic E-state index is 13.3. The van der Waals surface area contributed by atoms with Crippen molar-refractivity contribution in [1.82, 2.24) is 34.9 Å². The number of benzene rings is 1. The number of methoxy groups -OCH3 is 1. The van der Waals surface area contributed by atoms with Gasteiger partial charge in [-0.3, -0.25) is 9.78 Å². The molecule has 33 heavy (non-hydrogen) atoms. The summed E-state index contributed by atoms with van der Waals surface area (Å²) >= 11 is 0. The largest absolute Gasteiger partial charge is 0.496 e. The first kappa shape index (κ1) is 20.7. The molecule has 0 unspecified atom stereocenters. The van der Waals surface area contributed by atoms with Gasteiger partial charge in [0, 0.05) is 34.8 Å². The van der Waals surface area contributed by atoms with Crippen LogP contribution in [0.3, 0.4) is 0 Å². The number of hydrogen-bond donors (Lipinski definition) is 2. The van der Waals surface area contributed by atoms with Crippen molar-refractivity contribution in [1.29, 1.82) is 0 Å². The highest BCUT2D eigenvalue weighted by Crippen LogP contribution is 2.37. The summed E-state index contributed by atoms with van der Waals surface area (Å²) in [5.41, 5.74) is 4.89. The van der Waals surface area contributed by atoms with E-state index in [2.05, 4.69) is 25.3 Å². The van der Waals surface area contributed by atoms with E-state index in [9.17, 15) is 13.2 Å². The molecule has 0 saturated carbocycles. The minimum absolute atomic E-state index is 0.167. The smallest absolute Gasteiger partial charge is 0.419 e. The molecule has 8 nitrogen and oxygen atoms in total. The zero-order chi connectivity index (χ0) is 23.2. The lowest BCUT2D eigenvalue weighted by Crippen LogP contribution is -2.09. The number of ether oxygens (including phenoxy) is 1. The number of aryl methyl sites for hydroxylation is 1. The van der Waals surface area contributed by atoms with Crippen molar-refractivity contribution in [3.8, 4) is 28.1 Å². The van der Waals surface area contributed by atoms with Gasteiger partial charge in [-0.1, -0.05) is 6.07 Å². The van der Waals surface area contributed by atoms with Crippen LogP contribution in [0.2, 0.25) is 0 Å². The molecular weight excluding hydrogens is 435 g/mol. The fourth-order valence-corrected chi connectivity index (χ4v) is 3.70. The maximum Gasteiger partial charge on any atom is 0.419 e. The van der Waals surface area contributed by atoms with Gasteiger partial charge in [-0.2, -0.15) is 23.4 Å². The molecule has 0 aliphatic heterocycles. The van der Waals surface area contributed by atoms with E-state index in [0.29, 0.717) is 22.4 Å². The molecular formula is C22H18F3N7O. The van der Waals surface area contributed by atoms with Gasteiger partial charge in [-0.15, -0.1) is 0 Å². The Morgan fingerprint density at radius 2 is 1.97 bits per heavy atom. The second-order valence-electron chi connectivity index (χ2n) is 7.52. The van der Waals surface area contributed by atoms with Gasteiger partial charge in [-0.05, 0) is 24.6 Å². The molecule has 4 heterocycles. The highest BCUT2D eigenvalue weighted by atomic mass is 19.4. The predicted octanol–water partition coefficient (Wildman–Crippen LogP) is 4.60. The van der Waals surface area contributed by atoms with Crippen LogP contribution >= 0.6 is 0 Å². The molecule has 0 aliphatic rings. The van der Waals surface area contributed by atoms with E-state index in [1.165, 1.54) is 13.2 Å². The molecule has 0 amide bonds. The number of fused-ring (bicyclic) bond motifs is 1. The van der Waals surface area contributed by atoms with Crippen LogP contribution in [0.4, 0.5) is 13.2 Å². The van der Waals surface area contributed by atoms with E-state index in [-0.39, 0.29) is 12.3 Å². The Bertz CT molecular complexity index is 1450. The topological polar surface area (TPSA) is 97.3 Å². The van der Waals surface area contributed by atoms with E-state index in [1.807, 2.05) is 6.92 Å². The van der Waals surface area contributed by atoms with Crippen molar-refractivity contribution in [2.24, 2.45) is 0 Å². The highest BCUT2D eigenvalue weighted by Gasteiger charge is 2.34. The first-order valence-corrected chi connectivity index (χ1v) is 9.95. The van der Waals surface area contributed by atoms with Gasteiger partial charge in [0.15, 0.2) is 5.65 Å². The van der Waals surface area contributed by atoms with Gasteiger partial charge < -0.3 is 9.72 Å². The molecule has 0 spiro atoms. The number of alkyl halides is 3. The van der Waals surface area contributed by atoms with Crippen LogP contribution < -0.4 is 4.74 Å². The number of nitrogens with zero attached hydrogens (tertiary/aromatic N) is 5. The molecule has 0 radical (unpaired) electrons. The average Bonchev–Trinajstić information content (AvgIpc) is 3.52. The van der Waals surface area contributed by atoms with E-state index in [0.717, 1.165) is 28.5 Å². The van der Waals surface area contributed by atoms with E-state index in [1.54, 1.807) is 41.7 Å². The lowest BCUT2D eigenvalue weighted by Gasteiger charge is -2.13. The van der Waals surface area contributed by atoms with Crippen LogP contribution in [0.25, 0.3) is 33.5 Å². The molecule has 4 aromatic heterocycles. The summed E-state index contributed by atoms with van der Waals surface area (Å²) < 4.78 is 46.4. The van der Waals surface area contributed by atoms with Crippen LogP contribution in [0, 0.1) is 6.92 Å². The summed E-state index contributed by atoms with van der Waals surface area (Å²) in [6.07, 6.45) is 4.05. The predicted molar refractivity (Wildman–Crippen MR) is 115 cm³/mol. The second kappa shape index (κ2) is 7.76. The number of halogens is 3. The fraction of sp³-hybridized carbons (Fsp3) is 0.182. The summed E-state index contributed by atoms with van der Waals surface area (Å²) in [5.74, 6) is -0.214. The summed E-state index contributed by atoms with van der Waals surface area (Å²) in [6, 6.07) is 3.99. The quantitative estimate of drug-likeness (QED) is 0.406. The van der Waals surface area contributed by atoms with Crippen molar-refractivity contribution < 1.29 is 17.9 Å². The molecule has 0 aliphatic carbocycles. The minimum atomic E-state index is -4.51. The zero-order valence-electron chi connectivity index (χ0n) is 17.6. The molecule has 0 bridgehead atoms. The third kappa shape index (κ3) is 3.81. The van der Waals surface area contributed by atoms with Gasteiger partial charge >= 0.3 is 6.18 Å².